The van der Waals surface area contributed by atoms with Crippen molar-refractivity contribution in [2.75, 3.05) is 26.2 Å². The van der Waals surface area contributed by atoms with Crippen LogP contribution in [0.25, 0.3) is 5.69 Å². The van der Waals surface area contributed by atoms with Gasteiger partial charge in [-0.25, -0.2) is 9.78 Å². The quantitative estimate of drug-likeness (QED) is 0.732. The van der Waals surface area contributed by atoms with Gasteiger partial charge in [0.25, 0.3) is 0 Å². The zero-order valence-electron chi connectivity index (χ0n) is 16.1. The molecule has 2 N–H and O–H groups in total. The lowest BCUT2D eigenvalue weighted by Crippen LogP contribution is -2.46. The first-order chi connectivity index (χ1) is 13.1. The van der Waals surface area contributed by atoms with Crippen LogP contribution in [0.1, 0.15) is 25.8 Å². The molecule has 146 valence electrons. The van der Waals surface area contributed by atoms with Crippen molar-refractivity contribution in [3.8, 4) is 5.69 Å². The van der Waals surface area contributed by atoms with Crippen LogP contribution in [0.4, 0.5) is 4.79 Å². The molecule has 7 nitrogen and oxygen atoms in total. The number of imidazole rings is 1. The molecule has 0 radical (unpaired) electrons. The fraction of sp³-hybridized carbons (Fsp3) is 0.500. The summed E-state index contributed by atoms with van der Waals surface area (Å²) in [6.45, 7) is 8.30. The minimum absolute atomic E-state index is 0.127. The van der Waals surface area contributed by atoms with Crippen molar-refractivity contribution in [1.82, 2.24) is 25.1 Å². The summed E-state index contributed by atoms with van der Waals surface area (Å²) in [5.74, 6) is 0. The maximum Gasteiger partial charge on any atom is 0.315 e. The van der Waals surface area contributed by atoms with Gasteiger partial charge >= 0.3 is 6.03 Å². The lowest BCUT2D eigenvalue weighted by atomic mass is 10.2. The number of nitrogens with one attached hydrogen (secondary N) is 2. The van der Waals surface area contributed by atoms with Gasteiger partial charge in [0, 0.05) is 50.8 Å². The molecule has 1 saturated heterocycles. The van der Waals surface area contributed by atoms with E-state index in [4.69, 9.17) is 4.74 Å². The fourth-order valence-electron chi connectivity index (χ4n) is 3.41. The van der Waals surface area contributed by atoms with Crippen LogP contribution in [0.5, 0.6) is 0 Å². The average Bonchev–Trinajstić information content (AvgIpc) is 3.18. The van der Waals surface area contributed by atoms with E-state index in [0.717, 1.165) is 37.3 Å². The summed E-state index contributed by atoms with van der Waals surface area (Å²) in [4.78, 5) is 18.4. The number of carbonyl (C=O) groups excluding carboxylic acids is 1. The van der Waals surface area contributed by atoms with Crippen LogP contribution < -0.4 is 10.6 Å². The molecular formula is C20H29N5O2. The first-order valence-electron chi connectivity index (χ1n) is 9.57. The van der Waals surface area contributed by atoms with Crippen LogP contribution in [-0.2, 0) is 11.3 Å². The Kier molecular flexibility index (Phi) is 6.84. The molecule has 1 aliphatic heterocycles. The monoisotopic (exact) mass is 371 g/mol. The van der Waals surface area contributed by atoms with Gasteiger partial charge in [0.05, 0.1) is 18.5 Å². The number of rotatable bonds is 7. The van der Waals surface area contributed by atoms with Crippen molar-refractivity contribution < 1.29 is 9.53 Å². The van der Waals surface area contributed by atoms with E-state index in [9.17, 15) is 4.79 Å². The predicted octanol–water partition coefficient (Wildman–Crippen LogP) is 2.17. The predicted molar refractivity (Wildman–Crippen MR) is 105 cm³/mol. The second-order valence-electron chi connectivity index (χ2n) is 7.12. The molecule has 2 atom stereocenters. The molecule has 1 aliphatic rings. The Morgan fingerprint density at radius 2 is 1.93 bits per heavy atom. The van der Waals surface area contributed by atoms with E-state index in [2.05, 4.69) is 34.4 Å². The van der Waals surface area contributed by atoms with Gasteiger partial charge in [-0.2, -0.15) is 0 Å². The van der Waals surface area contributed by atoms with Crippen LogP contribution in [0.3, 0.4) is 0 Å². The lowest BCUT2D eigenvalue weighted by Gasteiger charge is -2.35. The van der Waals surface area contributed by atoms with Gasteiger partial charge in [0.2, 0.25) is 0 Å². The van der Waals surface area contributed by atoms with Gasteiger partial charge in [-0.3, -0.25) is 4.90 Å². The number of ether oxygens (including phenoxy) is 1. The third kappa shape index (κ3) is 6.08. The first-order valence-corrected chi connectivity index (χ1v) is 9.57. The second-order valence-corrected chi connectivity index (χ2v) is 7.12. The Bertz CT molecular complexity index is 692. The largest absolute Gasteiger partial charge is 0.373 e. The number of morpholine rings is 1. The molecule has 0 bridgehead atoms. The first kappa shape index (κ1) is 19.4. The zero-order chi connectivity index (χ0) is 19.1. The highest BCUT2D eigenvalue weighted by Crippen LogP contribution is 2.11. The minimum Gasteiger partial charge on any atom is -0.373 e. The van der Waals surface area contributed by atoms with Crippen molar-refractivity contribution in [1.29, 1.82) is 0 Å². The normalized spacial score (nSPS) is 20.4. The van der Waals surface area contributed by atoms with Crippen molar-refractivity contribution >= 4 is 6.03 Å². The maximum absolute atomic E-state index is 12.0. The highest BCUT2D eigenvalue weighted by atomic mass is 16.5. The standard InChI is InChI=1S/C20H29N5O2/c1-16-13-24(14-17(2)27-16)10-3-8-22-20(26)23-12-18-4-6-19(7-5-18)25-11-9-21-15-25/h4-7,9,11,15-17H,3,8,10,12-14H2,1-2H3,(H2,22,23,26)/t16-,17+. The summed E-state index contributed by atoms with van der Waals surface area (Å²) in [5.41, 5.74) is 2.11. The summed E-state index contributed by atoms with van der Waals surface area (Å²) >= 11 is 0. The molecule has 1 aromatic carbocycles. The summed E-state index contributed by atoms with van der Waals surface area (Å²) in [6.07, 6.45) is 6.92. The number of nitrogens with zero attached hydrogens (tertiary/aromatic N) is 3. The molecule has 1 aromatic heterocycles. The van der Waals surface area contributed by atoms with Gasteiger partial charge < -0.3 is 19.9 Å². The fourth-order valence-corrected chi connectivity index (χ4v) is 3.41. The van der Waals surface area contributed by atoms with E-state index in [1.807, 2.05) is 35.0 Å². The number of carbonyl (C=O) groups is 1. The molecule has 2 heterocycles. The van der Waals surface area contributed by atoms with Gasteiger partial charge in [0.15, 0.2) is 0 Å². The van der Waals surface area contributed by atoms with Crippen molar-refractivity contribution in [3.05, 3.63) is 48.5 Å². The molecule has 7 heteroatoms. The van der Waals surface area contributed by atoms with Crippen molar-refractivity contribution in [2.24, 2.45) is 0 Å². The molecular weight excluding hydrogens is 342 g/mol. The van der Waals surface area contributed by atoms with Crippen molar-refractivity contribution in [2.45, 2.75) is 39.0 Å². The van der Waals surface area contributed by atoms with Crippen molar-refractivity contribution in [3.63, 3.8) is 0 Å². The zero-order valence-corrected chi connectivity index (χ0v) is 16.1. The highest BCUT2D eigenvalue weighted by Gasteiger charge is 2.21. The maximum atomic E-state index is 12.0. The SMILES string of the molecule is C[C@@H]1CN(CCCNC(=O)NCc2ccc(-n3ccnc3)cc2)C[C@H](C)O1. The Morgan fingerprint density at radius 1 is 1.19 bits per heavy atom. The summed E-state index contributed by atoms with van der Waals surface area (Å²) in [6, 6.07) is 7.92. The van der Waals surface area contributed by atoms with E-state index in [-0.39, 0.29) is 18.2 Å². The molecule has 27 heavy (non-hydrogen) atoms. The molecule has 0 aliphatic carbocycles. The molecule has 2 amide bonds. The molecule has 0 unspecified atom stereocenters. The van der Waals surface area contributed by atoms with Crippen LogP contribution in [0, 0.1) is 0 Å². The molecule has 0 saturated carbocycles. The van der Waals surface area contributed by atoms with Crippen LogP contribution in [0.2, 0.25) is 0 Å². The summed E-state index contributed by atoms with van der Waals surface area (Å²) in [5, 5.41) is 5.83. The summed E-state index contributed by atoms with van der Waals surface area (Å²) < 4.78 is 7.68. The Balaban J connectivity index is 1.31. The number of benzene rings is 1. The Hall–Kier alpha value is -2.38. The van der Waals surface area contributed by atoms with E-state index in [1.165, 1.54) is 0 Å². The third-order valence-corrected chi connectivity index (χ3v) is 4.62. The highest BCUT2D eigenvalue weighted by molar-refractivity contribution is 5.73. The number of aromatic nitrogens is 2. The molecule has 0 spiro atoms. The topological polar surface area (TPSA) is 71.4 Å². The third-order valence-electron chi connectivity index (χ3n) is 4.62. The second kappa shape index (κ2) is 9.53. The lowest BCUT2D eigenvalue weighted by molar-refractivity contribution is -0.0679. The number of urea groups is 1. The van der Waals surface area contributed by atoms with Crippen LogP contribution in [0.15, 0.2) is 43.0 Å². The van der Waals surface area contributed by atoms with Crippen LogP contribution in [-0.4, -0.2) is 58.9 Å². The van der Waals surface area contributed by atoms with Gasteiger partial charge in [-0.15, -0.1) is 0 Å². The number of hydrogen-bond acceptors (Lipinski definition) is 4. The number of hydrogen-bond donors (Lipinski definition) is 2. The smallest absolute Gasteiger partial charge is 0.315 e. The molecule has 1 fully saturated rings. The van der Waals surface area contributed by atoms with E-state index in [1.54, 1.807) is 12.5 Å². The minimum atomic E-state index is -0.127. The molecule has 3 rings (SSSR count). The van der Waals surface area contributed by atoms with E-state index < -0.39 is 0 Å². The Morgan fingerprint density at radius 3 is 2.59 bits per heavy atom. The van der Waals surface area contributed by atoms with E-state index in [0.29, 0.717) is 13.1 Å². The summed E-state index contributed by atoms with van der Waals surface area (Å²) in [7, 11) is 0. The van der Waals surface area contributed by atoms with Gasteiger partial charge in [-0.05, 0) is 38.0 Å². The number of amides is 2. The van der Waals surface area contributed by atoms with Gasteiger partial charge in [0.1, 0.15) is 0 Å². The Labute approximate surface area is 160 Å². The van der Waals surface area contributed by atoms with E-state index >= 15 is 0 Å². The molecule has 2 aromatic rings. The van der Waals surface area contributed by atoms with Crippen LogP contribution >= 0.6 is 0 Å². The average molecular weight is 371 g/mol. The van der Waals surface area contributed by atoms with Gasteiger partial charge in [-0.1, -0.05) is 12.1 Å².